The van der Waals surface area contributed by atoms with Crippen LogP contribution in [0.15, 0.2) is 52.8 Å². The Labute approximate surface area is 172 Å². The third-order valence-electron chi connectivity index (χ3n) is 3.46. The molecular formula is C15H14Br2N6OS2. The second-order valence-electron chi connectivity index (χ2n) is 5.86. The van der Waals surface area contributed by atoms with E-state index in [0.717, 1.165) is 34.6 Å². The minimum atomic E-state index is -1.06. The molecule has 0 aromatic carbocycles. The van der Waals surface area contributed by atoms with Gasteiger partial charge in [-0.1, -0.05) is 0 Å². The van der Waals surface area contributed by atoms with E-state index in [9.17, 15) is 4.79 Å². The number of halogens is 2. The Kier molecular flexibility index (Phi) is 5.67. The minimum absolute atomic E-state index is 0.103. The topological polar surface area (TPSA) is 93.3 Å². The van der Waals surface area contributed by atoms with Crippen molar-refractivity contribution in [1.29, 1.82) is 0 Å². The van der Waals surface area contributed by atoms with Crippen molar-refractivity contribution < 1.29 is 4.79 Å². The lowest BCUT2D eigenvalue weighted by molar-refractivity contribution is 0.276. The molecule has 0 amide bonds. The first-order valence-electron chi connectivity index (χ1n) is 8.00. The molecule has 2 aromatic heterocycles. The van der Waals surface area contributed by atoms with Crippen LogP contribution in [0.3, 0.4) is 0 Å². The zero-order valence-corrected chi connectivity index (χ0v) is 18.3. The molecule has 2 unspecified atom stereocenters. The fourth-order valence-corrected chi connectivity index (χ4v) is 5.86. The van der Waals surface area contributed by atoms with Gasteiger partial charge in [0.15, 0.2) is 0 Å². The molecular weight excluding hydrogens is 504 g/mol. The van der Waals surface area contributed by atoms with Gasteiger partial charge >= 0.3 is 0 Å². The van der Waals surface area contributed by atoms with Crippen LogP contribution in [0.2, 0.25) is 0 Å². The average molecular weight is 518 g/mol. The van der Waals surface area contributed by atoms with Crippen molar-refractivity contribution in [3.8, 4) is 0 Å². The normalized spacial score (nSPS) is 19.5. The Bertz CT molecular complexity index is 822. The van der Waals surface area contributed by atoms with E-state index >= 15 is 0 Å². The van der Waals surface area contributed by atoms with Gasteiger partial charge in [0.1, 0.15) is 0 Å². The van der Waals surface area contributed by atoms with Crippen LogP contribution < -0.4 is 0 Å². The number of carbonyl (C=O) groups excluding carboxylic acids is 1. The highest BCUT2D eigenvalue weighted by molar-refractivity contribution is 9.10. The molecule has 0 N–H and O–H groups in total. The summed E-state index contributed by atoms with van der Waals surface area (Å²) in [6, 6.07) is 0.429. The molecule has 0 bridgehead atoms. The lowest BCUT2D eigenvalue weighted by atomic mass is 10.7. The standard InChI is InChI=1S/C15H14Br2N6OS2/c16-9-5-18-13(19-6-9)25(22-11-1-2-11)15(24)26(23-12-3-4-12)14-20-7-10(17)8-21-14/h5-8,11-12H,1-4H2. The molecule has 11 heteroatoms. The molecule has 2 aliphatic rings. The van der Waals surface area contributed by atoms with E-state index in [-0.39, 0.29) is 16.5 Å². The fraction of sp³-hybridized carbons (Fsp3) is 0.400. The summed E-state index contributed by atoms with van der Waals surface area (Å²) in [6.07, 6.45) is 10.6. The van der Waals surface area contributed by atoms with Gasteiger partial charge in [0.2, 0.25) is 10.3 Å². The number of aromatic nitrogens is 4. The molecule has 0 radical (unpaired) electrons. The highest BCUT2D eigenvalue weighted by Crippen LogP contribution is 2.29. The zero-order valence-electron chi connectivity index (χ0n) is 13.5. The molecule has 0 spiro atoms. The van der Waals surface area contributed by atoms with Crippen molar-refractivity contribution >= 4 is 57.7 Å². The number of hydrogen-bond acceptors (Lipinski definition) is 7. The Morgan fingerprint density at radius 3 is 1.46 bits per heavy atom. The van der Waals surface area contributed by atoms with Crippen LogP contribution in [0.25, 0.3) is 0 Å². The van der Waals surface area contributed by atoms with Crippen molar-refractivity contribution in [2.24, 2.45) is 8.73 Å². The van der Waals surface area contributed by atoms with Crippen molar-refractivity contribution in [3.05, 3.63) is 33.7 Å². The van der Waals surface area contributed by atoms with E-state index in [1.807, 2.05) is 0 Å². The van der Waals surface area contributed by atoms with Crippen LogP contribution in [0.1, 0.15) is 25.7 Å². The van der Waals surface area contributed by atoms with E-state index in [1.165, 1.54) is 0 Å². The zero-order chi connectivity index (χ0) is 18.1. The third-order valence-corrected chi connectivity index (χ3v) is 7.99. The van der Waals surface area contributed by atoms with E-state index in [1.54, 1.807) is 24.8 Å². The van der Waals surface area contributed by atoms with Gasteiger partial charge < -0.3 is 0 Å². The van der Waals surface area contributed by atoms with Gasteiger partial charge in [-0.05, 0) is 57.5 Å². The first kappa shape index (κ1) is 18.5. The van der Waals surface area contributed by atoms with Gasteiger partial charge in [-0.3, -0.25) is 4.79 Å². The summed E-state index contributed by atoms with van der Waals surface area (Å²) in [4.78, 5) is 30.7. The molecule has 2 saturated carbocycles. The lowest BCUT2D eigenvalue weighted by Gasteiger charge is -2.09. The summed E-state index contributed by atoms with van der Waals surface area (Å²) in [7, 11) is -2.13. The molecule has 26 heavy (non-hydrogen) atoms. The molecule has 2 heterocycles. The smallest absolute Gasteiger partial charge is 0.271 e. The summed E-state index contributed by atoms with van der Waals surface area (Å²) in [5.41, 5.74) is 0. The van der Waals surface area contributed by atoms with E-state index < -0.39 is 21.4 Å². The molecule has 136 valence electrons. The van der Waals surface area contributed by atoms with E-state index in [0.29, 0.717) is 10.3 Å². The van der Waals surface area contributed by atoms with E-state index in [4.69, 9.17) is 8.73 Å². The van der Waals surface area contributed by atoms with Crippen molar-refractivity contribution in [1.82, 2.24) is 19.9 Å². The Hall–Kier alpha value is -0.910. The maximum absolute atomic E-state index is 13.4. The summed E-state index contributed by atoms with van der Waals surface area (Å²) >= 11 is 6.66. The molecule has 2 atom stereocenters. The number of nitrogens with zero attached hydrogens (tertiary/aromatic N) is 6. The monoisotopic (exact) mass is 516 g/mol. The third kappa shape index (κ3) is 4.68. The molecule has 4 rings (SSSR count). The van der Waals surface area contributed by atoms with E-state index in [2.05, 4.69) is 51.8 Å². The maximum Gasteiger partial charge on any atom is 0.282 e. The van der Waals surface area contributed by atoms with Crippen LogP contribution in [0.4, 0.5) is 4.79 Å². The highest BCUT2D eigenvalue weighted by Gasteiger charge is 2.30. The van der Waals surface area contributed by atoms with Crippen molar-refractivity contribution in [3.63, 3.8) is 0 Å². The molecule has 7 nitrogen and oxygen atoms in total. The number of hydrogen-bond donors (Lipinski definition) is 0. The maximum atomic E-state index is 13.4. The Morgan fingerprint density at radius 1 is 0.808 bits per heavy atom. The van der Waals surface area contributed by atoms with Gasteiger partial charge in [-0.25, -0.2) is 28.7 Å². The fourth-order valence-electron chi connectivity index (χ4n) is 1.86. The quantitative estimate of drug-likeness (QED) is 0.565. The Balaban J connectivity index is 1.74. The first-order chi connectivity index (χ1) is 12.6. The van der Waals surface area contributed by atoms with Crippen LogP contribution in [-0.4, -0.2) is 36.5 Å². The Morgan fingerprint density at radius 2 is 1.15 bits per heavy atom. The van der Waals surface area contributed by atoms with Crippen molar-refractivity contribution in [2.45, 2.75) is 48.1 Å². The summed E-state index contributed by atoms with van der Waals surface area (Å²) < 4.78 is 10.8. The van der Waals surface area contributed by atoms with Crippen LogP contribution in [0.5, 0.6) is 0 Å². The molecule has 2 aromatic rings. The predicted octanol–water partition coefficient (Wildman–Crippen LogP) is 4.26. The van der Waals surface area contributed by atoms with Crippen LogP contribution >= 0.6 is 31.9 Å². The van der Waals surface area contributed by atoms with Gasteiger partial charge in [0, 0.05) is 46.2 Å². The van der Waals surface area contributed by atoms with Gasteiger partial charge in [0.25, 0.3) is 4.45 Å². The minimum Gasteiger partial charge on any atom is -0.271 e. The van der Waals surface area contributed by atoms with Crippen LogP contribution in [0, 0.1) is 0 Å². The molecule has 0 saturated heterocycles. The SMILES string of the molecule is O=C(S(=NC1CC1)c1ncc(Br)cn1)S(=NC1CC1)c1ncc(Br)cn1. The lowest BCUT2D eigenvalue weighted by Crippen LogP contribution is -2.17. The van der Waals surface area contributed by atoms with Gasteiger partial charge in [-0.15, -0.1) is 0 Å². The predicted molar refractivity (Wildman–Crippen MR) is 107 cm³/mol. The molecule has 2 fully saturated rings. The second-order valence-corrected chi connectivity index (χ2v) is 11.0. The summed E-state index contributed by atoms with van der Waals surface area (Å²) in [5, 5.41) is 0.872. The molecule has 2 aliphatic carbocycles. The highest BCUT2D eigenvalue weighted by atomic mass is 79.9. The van der Waals surface area contributed by atoms with Crippen LogP contribution in [-0.2, 0) is 21.4 Å². The molecule has 0 aliphatic heterocycles. The second kappa shape index (κ2) is 7.99. The largest absolute Gasteiger partial charge is 0.282 e. The average Bonchev–Trinajstić information content (AvgIpc) is 3.54. The van der Waals surface area contributed by atoms with Gasteiger partial charge in [0.05, 0.1) is 21.0 Å². The summed E-state index contributed by atoms with van der Waals surface area (Å²) in [6.45, 7) is 0. The van der Waals surface area contributed by atoms with Crippen molar-refractivity contribution in [2.75, 3.05) is 0 Å². The first-order valence-corrected chi connectivity index (χ1v) is 11.9. The number of carbonyl (C=O) groups is 1. The summed E-state index contributed by atoms with van der Waals surface area (Å²) in [5.74, 6) is 0. The van der Waals surface area contributed by atoms with Gasteiger partial charge in [-0.2, -0.15) is 0 Å². The number of rotatable bonds is 4.